The zero-order chi connectivity index (χ0) is 12.3. The molecule has 1 aromatic rings. The number of hydrogen-bond donors (Lipinski definition) is 0. The fourth-order valence-electron chi connectivity index (χ4n) is 2.33. The van der Waals surface area contributed by atoms with Crippen LogP contribution in [-0.2, 0) is 0 Å². The molecule has 1 aliphatic heterocycles. The molecule has 4 heteroatoms. The maximum atomic E-state index is 8.72. The van der Waals surface area contributed by atoms with Crippen LogP contribution in [0.15, 0.2) is 18.3 Å². The molecule has 0 saturated carbocycles. The summed E-state index contributed by atoms with van der Waals surface area (Å²) in [4.78, 5) is 8.84. The minimum atomic E-state index is 0.614. The van der Waals surface area contributed by atoms with E-state index in [4.69, 9.17) is 5.26 Å². The average molecular weight is 230 g/mol. The number of anilines is 1. The first-order chi connectivity index (χ1) is 8.19. The van der Waals surface area contributed by atoms with Gasteiger partial charge in [-0.15, -0.1) is 0 Å². The number of rotatable bonds is 3. The summed E-state index contributed by atoms with van der Waals surface area (Å²) >= 11 is 0. The van der Waals surface area contributed by atoms with Gasteiger partial charge in [0.25, 0.3) is 0 Å². The Balaban J connectivity index is 1.95. The molecule has 1 saturated heterocycles. The van der Waals surface area contributed by atoms with Crippen LogP contribution in [-0.4, -0.2) is 43.6 Å². The predicted octanol–water partition coefficient (Wildman–Crippen LogP) is 1.34. The van der Waals surface area contributed by atoms with Crippen LogP contribution in [0.25, 0.3) is 0 Å². The van der Waals surface area contributed by atoms with Crippen LogP contribution >= 0.6 is 0 Å². The Bertz CT molecular complexity index is 406. The van der Waals surface area contributed by atoms with E-state index in [0.29, 0.717) is 5.56 Å². The van der Waals surface area contributed by atoms with Gasteiger partial charge >= 0.3 is 0 Å². The lowest BCUT2D eigenvalue weighted by molar-refractivity contribution is 0.395. The van der Waals surface area contributed by atoms with Gasteiger partial charge in [0.2, 0.25) is 0 Å². The van der Waals surface area contributed by atoms with Crippen LogP contribution < -0.4 is 4.90 Å². The topological polar surface area (TPSA) is 43.2 Å². The summed E-state index contributed by atoms with van der Waals surface area (Å²) in [5.74, 6) is 1.67. The van der Waals surface area contributed by atoms with Crippen molar-refractivity contribution in [2.24, 2.45) is 5.92 Å². The van der Waals surface area contributed by atoms with Gasteiger partial charge in [-0.05, 0) is 38.1 Å². The molecule has 0 aromatic carbocycles. The van der Waals surface area contributed by atoms with Crippen molar-refractivity contribution in [1.82, 2.24) is 9.88 Å². The number of likely N-dealkylation sites (tertiary alicyclic amines) is 1. The van der Waals surface area contributed by atoms with E-state index in [0.717, 1.165) is 18.3 Å². The van der Waals surface area contributed by atoms with E-state index in [-0.39, 0.29) is 0 Å². The Kier molecular flexibility index (Phi) is 3.60. The number of aromatic nitrogens is 1. The summed E-state index contributed by atoms with van der Waals surface area (Å²) in [6.07, 6.45) is 2.89. The van der Waals surface area contributed by atoms with Gasteiger partial charge in [-0.2, -0.15) is 5.26 Å². The summed E-state index contributed by atoms with van der Waals surface area (Å²) in [6.45, 7) is 3.39. The molecular weight excluding hydrogens is 212 g/mol. The van der Waals surface area contributed by atoms with Crippen LogP contribution in [0.1, 0.15) is 12.0 Å². The largest absolute Gasteiger partial charge is 0.359 e. The molecule has 90 valence electrons. The van der Waals surface area contributed by atoms with E-state index < -0.39 is 0 Å². The molecule has 0 N–H and O–H groups in total. The molecular formula is C13H18N4. The quantitative estimate of drug-likeness (QED) is 0.786. The van der Waals surface area contributed by atoms with Crippen LogP contribution in [0, 0.1) is 17.2 Å². The van der Waals surface area contributed by atoms with Crippen LogP contribution in [0.3, 0.4) is 0 Å². The Morgan fingerprint density at radius 3 is 2.94 bits per heavy atom. The van der Waals surface area contributed by atoms with Gasteiger partial charge in [-0.1, -0.05) is 0 Å². The van der Waals surface area contributed by atoms with Crippen LogP contribution in [0.2, 0.25) is 0 Å². The molecule has 0 amide bonds. The average Bonchev–Trinajstić information content (AvgIpc) is 2.75. The van der Waals surface area contributed by atoms with E-state index in [2.05, 4.69) is 34.9 Å². The van der Waals surface area contributed by atoms with Crippen molar-refractivity contribution in [3.63, 3.8) is 0 Å². The summed E-state index contributed by atoms with van der Waals surface area (Å²) in [5, 5.41) is 8.72. The minimum Gasteiger partial charge on any atom is -0.359 e. The highest BCUT2D eigenvalue weighted by Gasteiger charge is 2.21. The Hall–Kier alpha value is -1.60. The fourth-order valence-corrected chi connectivity index (χ4v) is 2.33. The Morgan fingerprint density at radius 1 is 1.59 bits per heavy atom. The lowest BCUT2D eigenvalue weighted by Gasteiger charge is -2.22. The maximum absolute atomic E-state index is 8.72. The first-order valence-electron chi connectivity index (χ1n) is 5.95. The summed E-state index contributed by atoms with van der Waals surface area (Å²) in [6, 6.07) is 5.82. The van der Waals surface area contributed by atoms with Crippen LogP contribution in [0.5, 0.6) is 0 Å². The van der Waals surface area contributed by atoms with Crippen molar-refractivity contribution < 1.29 is 0 Å². The predicted molar refractivity (Wildman–Crippen MR) is 67.8 cm³/mol. The highest BCUT2D eigenvalue weighted by Crippen LogP contribution is 2.18. The van der Waals surface area contributed by atoms with E-state index >= 15 is 0 Å². The summed E-state index contributed by atoms with van der Waals surface area (Å²) in [5.41, 5.74) is 0.614. The van der Waals surface area contributed by atoms with Crippen molar-refractivity contribution in [3.05, 3.63) is 23.9 Å². The number of nitriles is 1. The molecule has 17 heavy (non-hydrogen) atoms. The summed E-state index contributed by atoms with van der Waals surface area (Å²) < 4.78 is 0. The molecule has 4 nitrogen and oxygen atoms in total. The second-order valence-corrected chi connectivity index (χ2v) is 4.81. The number of pyridine rings is 1. The molecule has 2 rings (SSSR count). The van der Waals surface area contributed by atoms with Crippen molar-refractivity contribution in [3.8, 4) is 6.07 Å². The molecule has 0 spiro atoms. The van der Waals surface area contributed by atoms with Crippen molar-refractivity contribution in [1.29, 1.82) is 5.26 Å². The second kappa shape index (κ2) is 5.15. The molecule has 1 aromatic heterocycles. The minimum absolute atomic E-state index is 0.614. The van der Waals surface area contributed by atoms with Crippen molar-refractivity contribution in [2.75, 3.05) is 38.6 Å². The zero-order valence-electron chi connectivity index (χ0n) is 10.4. The molecule has 0 radical (unpaired) electrons. The highest BCUT2D eigenvalue weighted by atomic mass is 15.2. The highest BCUT2D eigenvalue weighted by molar-refractivity contribution is 5.41. The van der Waals surface area contributed by atoms with E-state index in [1.54, 1.807) is 6.20 Å². The molecule has 1 atom stereocenters. The maximum Gasteiger partial charge on any atom is 0.128 e. The number of nitrogens with zero attached hydrogens (tertiary/aromatic N) is 4. The fraction of sp³-hybridized carbons (Fsp3) is 0.538. The normalized spacial score (nSPS) is 20.2. The van der Waals surface area contributed by atoms with Gasteiger partial charge < -0.3 is 9.80 Å². The van der Waals surface area contributed by atoms with Crippen molar-refractivity contribution >= 4 is 5.82 Å². The third-order valence-corrected chi connectivity index (χ3v) is 3.29. The van der Waals surface area contributed by atoms with E-state index in [1.165, 1.54) is 19.5 Å². The van der Waals surface area contributed by atoms with Crippen LogP contribution in [0.4, 0.5) is 5.82 Å². The van der Waals surface area contributed by atoms with Gasteiger partial charge in [-0.3, -0.25) is 0 Å². The second-order valence-electron chi connectivity index (χ2n) is 4.81. The summed E-state index contributed by atoms with van der Waals surface area (Å²) in [7, 11) is 4.23. The van der Waals surface area contributed by atoms with Gasteiger partial charge in [0.15, 0.2) is 0 Å². The smallest absolute Gasteiger partial charge is 0.128 e. The third-order valence-electron chi connectivity index (χ3n) is 3.29. The first kappa shape index (κ1) is 11.9. The van der Waals surface area contributed by atoms with Gasteiger partial charge in [0.1, 0.15) is 11.9 Å². The Labute approximate surface area is 102 Å². The molecule has 2 heterocycles. The van der Waals surface area contributed by atoms with E-state index in [1.807, 2.05) is 12.1 Å². The Morgan fingerprint density at radius 2 is 2.41 bits per heavy atom. The molecule has 1 fully saturated rings. The molecule has 1 unspecified atom stereocenters. The molecule has 0 bridgehead atoms. The monoisotopic (exact) mass is 230 g/mol. The van der Waals surface area contributed by atoms with Gasteiger partial charge in [0.05, 0.1) is 5.56 Å². The lowest BCUT2D eigenvalue weighted by Crippen LogP contribution is -2.27. The first-order valence-corrected chi connectivity index (χ1v) is 5.95. The SMILES string of the molecule is CN1CCC(CN(C)c2ccc(C#N)cn2)C1. The molecule has 0 aliphatic carbocycles. The zero-order valence-corrected chi connectivity index (χ0v) is 10.4. The third kappa shape index (κ3) is 2.95. The van der Waals surface area contributed by atoms with Gasteiger partial charge in [0, 0.05) is 26.3 Å². The standard InChI is InChI=1S/C13H18N4/c1-16-6-5-12(9-16)10-17(2)13-4-3-11(7-14)8-15-13/h3-4,8,12H,5-6,9-10H2,1-2H3. The van der Waals surface area contributed by atoms with Gasteiger partial charge in [-0.25, -0.2) is 4.98 Å². The van der Waals surface area contributed by atoms with E-state index in [9.17, 15) is 0 Å². The number of hydrogen-bond acceptors (Lipinski definition) is 4. The lowest BCUT2D eigenvalue weighted by atomic mass is 10.1. The van der Waals surface area contributed by atoms with Crippen molar-refractivity contribution in [2.45, 2.75) is 6.42 Å². The molecule has 1 aliphatic rings.